The number of urea groups is 1. The molecule has 0 unspecified atom stereocenters. The lowest BCUT2D eigenvalue weighted by molar-refractivity contribution is 0.171. The minimum Gasteiger partial charge on any atom is -0.542 e. The molecule has 12 heteroatoms. The Morgan fingerprint density at radius 3 is 2.33 bits per heavy atom. The summed E-state index contributed by atoms with van der Waals surface area (Å²) >= 11 is 0. The van der Waals surface area contributed by atoms with Gasteiger partial charge in [-0.05, 0) is 98.4 Å². The topological polar surface area (TPSA) is 111 Å². The fourth-order valence-corrected chi connectivity index (χ4v) is 7.73. The third-order valence-corrected chi connectivity index (χ3v) is 13.0. The van der Waals surface area contributed by atoms with E-state index >= 15 is 0 Å². The number of pyridine rings is 1. The van der Waals surface area contributed by atoms with Gasteiger partial charge in [0.15, 0.2) is 11.5 Å². The fourth-order valence-electron chi connectivity index (χ4n) is 6.94. The number of ether oxygens (including phenoxy) is 1. The Morgan fingerprint density at radius 2 is 1.63 bits per heavy atom. The maximum Gasteiger partial charge on any atom is 0.320 e. The lowest BCUT2D eigenvalue weighted by atomic mass is 9.85. The number of rotatable bonds is 8. The quantitative estimate of drug-likeness (QED) is 0.155. The summed E-state index contributed by atoms with van der Waals surface area (Å²) in [6, 6.07) is 21.8. The van der Waals surface area contributed by atoms with Crippen molar-refractivity contribution in [2.24, 2.45) is 0 Å². The molecule has 4 heterocycles. The minimum absolute atomic E-state index is 0.119. The van der Waals surface area contributed by atoms with Gasteiger partial charge in [0.25, 0.3) is 9.04 Å². The molecule has 0 spiro atoms. The van der Waals surface area contributed by atoms with Crippen LogP contribution in [0.15, 0.2) is 72.9 Å². The van der Waals surface area contributed by atoms with Crippen LogP contribution < -0.4 is 19.8 Å². The van der Waals surface area contributed by atoms with Gasteiger partial charge in [-0.2, -0.15) is 5.10 Å². The molecule has 52 heavy (non-hydrogen) atoms. The van der Waals surface area contributed by atoms with Gasteiger partial charge in [0.1, 0.15) is 23.4 Å². The number of hydrogen-bond donors (Lipinski definition) is 2. The SMILES string of the molecule is CN1CCC[C@H]1c1nnc2ccc(O[C@@H]3CC[C@H](NC(=O)Nc4cc(C(C)(C)C)nn4-c4ccc(O[Si](C)C(C)(C)C)cc4)c4ccccc43)cn12. The second kappa shape index (κ2) is 14.0. The van der Waals surface area contributed by atoms with Gasteiger partial charge in [-0.25, -0.2) is 9.48 Å². The first kappa shape index (κ1) is 35.7. The smallest absolute Gasteiger partial charge is 0.320 e. The number of hydrogen-bond acceptors (Lipinski definition) is 7. The number of amides is 2. The molecule has 0 bridgehead atoms. The van der Waals surface area contributed by atoms with Crippen LogP contribution in [-0.4, -0.2) is 57.9 Å². The number of carbonyl (C=O) groups is 1. The van der Waals surface area contributed by atoms with Crippen LogP contribution in [0, 0.1) is 0 Å². The van der Waals surface area contributed by atoms with E-state index < -0.39 is 9.04 Å². The van der Waals surface area contributed by atoms with Gasteiger partial charge >= 0.3 is 6.03 Å². The second-order valence-electron chi connectivity index (χ2n) is 16.2. The molecule has 273 valence electrons. The van der Waals surface area contributed by atoms with Crippen molar-refractivity contribution in [2.75, 3.05) is 18.9 Å². The van der Waals surface area contributed by atoms with Crippen molar-refractivity contribution < 1.29 is 14.0 Å². The monoisotopic (exact) mass is 719 g/mol. The summed E-state index contributed by atoms with van der Waals surface area (Å²) in [7, 11) is 1.10. The van der Waals surface area contributed by atoms with Crippen molar-refractivity contribution in [3.05, 3.63) is 95.6 Å². The van der Waals surface area contributed by atoms with Gasteiger partial charge in [-0.3, -0.25) is 14.6 Å². The van der Waals surface area contributed by atoms with Gasteiger partial charge in [0, 0.05) is 11.5 Å². The molecule has 1 fully saturated rings. The van der Waals surface area contributed by atoms with Gasteiger partial charge in [0.2, 0.25) is 0 Å². The number of nitrogens with one attached hydrogen (secondary N) is 2. The molecule has 2 amide bonds. The van der Waals surface area contributed by atoms with Crippen molar-refractivity contribution in [3.63, 3.8) is 0 Å². The zero-order chi connectivity index (χ0) is 36.8. The number of benzene rings is 2. The molecule has 1 radical (unpaired) electrons. The van der Waals surface area contributed by atoms with Gasteiger partial charge in [-0.1, -0.05) is 65.8 Å². The highest BCUT2D eigenvalue weighted by molar-refractivity contribution is 6.54. The number of aromatic nitrogens is 5. The first-order chi connectivity index (χ1) is 24.7. The lowest BCUT2D eigenvalue weighted by Gasteiger charge is -2.32. The molecule has 3 aromatic heterocycles. The van der Waals surface area contributed by atoms with Crippen LogP contribution in [0.1, 0.15) is 108 Å². The van der Waals surface area contributed by atoms with Crippen LogP contribution >= 0.6 is 0 Å². The average Bonchev–Trinajstić information content (AvgIpc) is 3.84. The summed E-state index contributed by atoms with van der Waals surface area (Å²) < 4.78 is 16.8. The van der Waals surface area contributed by atoms with Gasteiger partial charge in [0.05, 0.1) is 29.7 Å². The highest BCUT2D eigenvalue weighted by Gasteiger charge is 2.31. The third kappa shape index (κ3) is 7.45. The Bertz CT molecular complexity index is 2040. The van der Waals surface area contributed by atoms with Crippen molar-refractivity contribution in [1.82, 2.24) is 34.6 Å². The van der Waals surface area contributed by atoms with Crippen LogP contribution in [0.25, 0.3) is 11.3 Å². The largest absolute Gasteiger partial charge is 0.542 e. The van der Waals surface area contributed by atoms with E-state index in [2.05, 4.69) is 97.4 Å². The van der Waals surface area contributed by atoms with E-state index in [0.29, 0.717) is 5.82 Å². The van der Waals surface area contributed by atoms with Crippen molar-refractivity contribution in [3.8, 4) is 17.2 Å². The molecular weight excluding hydrogens is 669 g/mol. The van der Waals surface area contributed by atoms with Gasteiger partial charge in [-0.15, -0.1) is 10.2 Å². The average molecular weight is 720 g/mol. The Kier molecular flexibility index (Phi) is 9.64. The van der Waals surface area contributed by atoms with Gasteiger partial charge < -0.3 is 14.5 Å². The number of likely N-dealkylation sites (tertiary alicyclic amines) is 1. The van der Waals surface area contributed by atoms with Crippen molar-refractivity contribution in [2.45, 2.75) is 102 Å². The predicted octanol–water partition coefficient (Wildman–Crippen LogP) is 8.56. The number of fused-ring (bicyclic) bond motifs is 2. The summed E-state index contributed by atoms with van der Waals surface area (Å²) in [6.07, 6.45) is 5.56. The van der Waals surface area contributed by atoms with Crippen LogP contribution in [-0.2, 0) is 5.41 Å². The fraction of sp³-hybridized carbons (Fsp3) is 0.450. The zero-order valence-electron chi connectivity index (χ0n) is 31.6. The molecule has 7 rings (SSSR count). The molecule has 1 aliphatic heterocycles. The normalized spacial score (nSPS) is 19.5. The zero-order valence-corrected chi connectivity index (χ0v) is 32.6. The summed E-state index contributed by atoms with van der Waals surface area (Å²) in [5, 5.41) is 20.4. The highest BCUT2D eigenvalue weighted by atomic mass is 28.3. The van der Waals surface area contributed by atoms with Crippen LogP contribution in [0.5, 0.6) is 11.5 Å². The Morgan fingerprint density at radius 1 is 0.904 bits per heavy atom. The van der Waals surface area contributed by atoms with E-state index in [-0.39, 0.29) is 34.7 Å². The summed E-state index contributed by atoms with van der Waals surface area (Å²) in [6.45, 7) is 16.2. The molecule has 11 nitrogen and oxygen atoms in total. The molecule has 3 atom stereocenters. The Balaban J connectivity index is 1.07. The van der Waals surface area contributed by atoms with E-state index in [1.54, 1.807) is 4.68 Å². The lowest BCUT2D eigenvalue weighted by Crippen LogP contribution is -2.36. The molecule has 0 saturated carbocycles. The number of anilines is 1. The second-order valence-corrected chi connectivity index (χ2v) is 19.0. The van der Waals surface area contributed by atoms with E-state index in [4.69, 9.17) is 14.3 Å². The minimum atomic E-state index is -1.04. The summed E-state index contributed by atoms with van der Waals surface area (Å²) in [5.74, 6) is 3.16. The summed E-state index contributed by atoms with van der Waals surface area (Å²) in [5.41, 5.74) is 4.45. The first-order valence-corrected chi connectivity index (χ1v) is 20.3. The Hall–Kier alpha value is -4.68. The molecule has 5 aromatic rings. The first-order valence-electron chi connectivity index (χ1n) is 18.4. The third-order valence-electron chi connectivity index (χ3n) is 10.4. The van der Waals surface area contributed by atoms with E-state index in [0.717, 1.165) is 77.7 Å². The van der Waals surface area contributed by atoms with Crippen LogP contribution in [0.2, 0.25) is 11.6 Å². The van der Waals surface area contributed by atoms with E-state index in [1.807, 2.05) is 60.8 Å². The number of carbonyl (C=O) groups excluding carboxylic acids is 1. The molecule has 2 aromatic carbocycles. The molecule has 2 aliphatic rings. The Labute approximate surface area is 308 Å². The molecule has 1 saturated heterocycles. The van der Waals surface area contributed by atoms with Crippen molar-refractivity contribution in [1.29, 1.82) is 0 Å². The van der Waals surface area contributed by atoms with Crippen molar-refractivity contribution >= 4 is 26.5 Å². The van der Waals surface area contributed by atoms with Crippen LogP contribution in [0.4, 0.5) is 10.6 Å². The standard InChI is InChI=1S/C40H51N8O3Si/c1-39(2,3)34-24-36(48(45-34)26-15-17-27(18-16-26)51-52(8)40(4,5)6)42-38(49)41-31-20-21-33(30-13-10-9-12-29(30)31)50-28-19-22-35-43-44-37(47(35)25-28)32-14-11-23-46(32)7/h9-10,12-13,15-19,22,24-25,31-33H,11,14,20-21,23H2,1-8H3,(H2,41,42,49)/t31-,32-,33+/m0/s1. The molecule has 1 aliphatic carbocycles. The predicted molar refractivity (Wildman–Crippen MR) is 206 cm³/mol. The maximum atomic E-state index is 13.7. The molecular formula is C40H51N8O3Si. The number of nitrogens with zero attached hydrogens (tertiary/aromatic N) is 6. The summed E-state index contributed by atoms with van der Waals surface area (Å²) in [4.78, 5) is 16.0. The maximum absolute atomic E-state index is 13.7. The highest BCUT2D eigenvalue weighted by Crippen LogP contribution is 2.39. The molecule has 2 N–H and O–H groups in total. The van der Waals surface area contributed by atoms with E-state index in [1.165, 1.54) is 0 Å². The van der Waals surface area contributed by atoms with Crippen LogP contribution in [0.3, 0.4) is 0 Å². The van der Waals surface area contributed by atoms with E-state index in [9.17, 15) is 4.79 Å².